The first-order valence-electron chi connectivity index (χ1n) is 6.26. The molecule has 1 heteroatoms. The summed E-state index contributed by atoms with van der Waals surface area (Å²) in [5.41, 5.74) is 6.70. The minimum absolute atomic E-state index is 0.132. The van der Waals surface area contributed by atoms with Gasteiger partial charge < -0.3 is 5.73 Å². The van der Waals surface area contributed by atoms with E-state index in [1.807, 2.05) is 0 Å². The third kappa shape index (κ3) is 2.73. The Labute approximate surface area is 89.5 Å². The molecule has 1 aliphatic carbocycles. The van der Waals surface area contributed by atoms with Crippen LogP contribution >= 0.6 is 0 Å². The van der Waals surface area contributed by atoms with Crippen molar-refractivity contribution in [2.45, 2.75) is 65.3 Å². The SMILES string of the molecule is CCCC(C)C1(N)CC(C)CC(C)C1. The molecule has 84 valence electrons. The lowest BCUT2D eigenvalue weighted by atomic mass is 9.66. The Morgan fingerprint density at radius 2 is 1.79 bits per heavy atom. The lowest BCUT2D eigenvalue weighted by molar-refractivity contribution is 0.125. The third-order valence-corrected chi connectivity index (χ3v) is 3.96. The Morgan fingerprint density at radius 1 is 1.29 bits per heavy atom. The maximum Gasteiger partial charge on any atom is 0.0185 e. The van der Waals surface area contributed by atoms with Gasteiger partial charge in [0.25, 0.3) is 0 Å². The van der Waals surface area contributed by atoms with Gasteiger partial charge in [0.2, 0.25) is 0 Å². The van der Waals surface area contributed by atoms with Crippen LogP contribution in [0.25, 0.3) is 0 Å². The molecular formula is C13H27N. The minimum atomic E-state index is 0.132. The van der Waals surface area contributed by atoms with Crippen LogP contribution in [0.3, 0.4) is 0 Å². The fraction of sp³-hybridized carbons (Fsp3) is 1.00. The first-order valence-corrected chi connectivity index (χ1v) is 6.26. The van der Waals surface area contributed by atoms with Crippen molar-refractivity contribution in [2.75, 3.05) is 0 Å². The van der Waals surface area contributed by atoms with E-state index < -0.39 is 0 Å². The highest BCUT2D eigenvalue weighted by molar-refractivity contribution is 4.95. The summed E-state index contributed by atoms with van der Waals surface area (Å²) in [7, 11) is 0. The van der Waals surface area contributed by atoms with Crippen LogP contribution in [0.15, 0.2) is 0 Å². The van der Waals surface area contributed by atoms with E-state index in [9.17, 15) is 0 Å². The van der Waals surface area contributed by atoms with Crippen molar-refractivity contribution in [3.05, 3.63) is 0 Å². The van der Waals surface area contributed by atoms with Gasteiger partial charge in [0.15, 0.2) is 0 Å². The maximum absolute atomic E-state index is 6.57. The molecular weight excluding hydrogens is 170 g/mol. The van der Waals surface area contributed by atoms with Gasteiger partial charge in [-0.1, -0.05) is 34.1 Å². The van der Waals surface area contributed by atoms with E-state index in [-0.39, 0.29) is 5.54 Å². The topological polar surface area (TPSA) is 26.0 Å². The van der Waals surface area contributed by atoms with Crippen LogP contribution in [0.2, 0.25) is 0 Å². The summed E-state index contributed by atoms with van der Waals surface area (Å²) in [6.07, 6.45) is 6.40. The molecule has 1 nitrogen and oxygen atoms in total. The van der Waals surface area contributed by atoms with Gasteiger partial charge >= 0.3 is 0 Å². The first kappa shape index (κ1) is 12.0. The Kier molecular flexibility index (Phi) is 4.00. The second-order valence-electron chi connectivity index (χ2n) is 5.78. The lowest BCUT2D eigenvalue weighted by Crippen LogP contribution is -2.51. The molecule has 0 spiro atoms. The normalized spacial score (nSPS) is 40.9. The maximum atomic E-state index is 6.57. The molecule has 0 saturated heterocycles. The van der Waals surface area contributed by atoms with E-state index in [1.54, 1.807) is 0 Å². The predicted octanol–water partition coefficient (Wildman–Crippen LogP) is 3.58. The molecule has 1 aliphatic rings. The summed E-state index contributed by atoms with van der Waals surface area (Å²) >= 11 is 0. The largest absolute Gasteiger partial charge is 0.325 e. The molecule has 1 rings (SSSR count). The molecule has 0 aromatic rings. The zero-order chi connectivity index (χ0) is 10.8. The summed E-state index contributed by atoms with van der Waals surface area (Å²) in [5, 5.41) is 0. The zero-order valence-corrected chi connectivity index (χ0v) is 10.3. The van der Waals surface area contributed by atoms with E-state index in [2.05, 4.69) is 27.7 Å². The van der Waals surface area contributed by atoms with Gasteiger partial charge in [0.05, 0.1) is 0 Å². The molecule has 0 aromatic heterocycles. The van der Waals surface area contributed by atoms with Crippen LogP contribution in [0.1, 0.15) is 59.8 Å². The Bertz CT molecular complexity index is 166. The van der Waals surface area contributed by atoms with Crippen molar-refractivity contribution < 1.29 is 0 Å². The Morgan fingerprint density at radius 3 is 2.21 bits per heavy atom. The highest BCUT2D eigenvalue weighted by atomic mass is 14.8. The van der Waals surface area contributed by atoms with Crippen LogP contribution in [0, 0.1) is 17.8 Å². The molecule has 3 atom stereocenters. The summed E-state index contributed by atoms with van der Waals surface area (Å²) in [6, 6.07) is 0. The average molecular weight is 197 g/mol. The van der Waals surface area contributed by atoms with Crippen molar-refractivity contribution >= 4 is 0 Å². The van der Waals surface area contributed by atoms with Crippen molar-refractivity contribution in [2.24, 2.45) is 23.5 Å². The van der Waals surface area contributed by atoms with Gasteiger partial charge in [0.1, 0.15) is 0 Å². The second-order valence-corrected chi connectivity index (χ2v) is 5.78. The smallest absolute Gasteiger partial charge is 0.0185 e. The van der Waals surface area contributed by atoms with Crippen molar-refractivity contribution in [1.29, 1.82) is 0 Å². The van der Waals surface area contributed by atoms with E-state index in [4.69, 9.17) is 5.73 Å². The standard InChI is InChI=1S/C13H27N/c1-5-6-12(4)13(14)8-10(2)7-11(3)9-13/h10-12H,5-9,14H2,1-4H3. The Hall–Kier alpha value is -0.0400. The summed E-state index contributed by atoms with van der Waals surface area (Å²) in [5.74, 6) is 2.34. The van der Waals surface area contributed by atoms with Crippen LogP contribution < -0.4 is 5.73 Å². The molecule has 0 aliphatic heterocycles. The molecule has 14 heavy (non-hydrogen) atoms. The molecule has 0 bridgehead atoms. The molecule has 0 aromatic carbocycles. The summed E-state index contributed by atoms with van der Waals surface area (Å²) in [6.45, 7) is 9.32. The number of nitrogens with two attached hydrogens (primary N) is 1. The van der Waals surface area contributed by atoms with Gasteiger partial charge in [0, 0.05) is 5.54 Å². The molecule has 2 N–H and O–H groups in total. The van der Waals surface area contributed by atoms with Gasteiger partial charge in [-0.25, -0.2) is 0 Å². The first-order chi connectivity index (χ1) is 6.48. The van der Waals surface area contributed by atoms with Crippen molar-refractivity contribution in [1.82, 2.24) is 0 Å². The number of hydrogen-bond acceptors (Lipinski definition) is 1. The zero-order valence-electron chi connectivity index (χ0n) is 10.3. The number of hydrogen-bond donors (Lipinski definition) is 1. The monoisotopic (exact) mass is 197 g/mol. The summed E-state index contributed by atoms with van der Waals surface area (Å²) in [4.78, 5) is 0. The second kappa shape index (κ2) is 4.65. The predicted molar refractivity (Wildman–Crippen MR) is 63.2 cm³/mol. The van der Waals surface area contributed by atoms with E-state index in [1.165, 1.54) is 32.1 Å². The van der Waals surface area contributed by atoms with Crippen LogP contribution in [0.5, 0.6) is 0 Å². The van der Waals surface area contributed by atoms with E-state index in [0.717, 1.165) is 11.8 Å². The van der Waals surface area contributed by atoms with Gasteiger partial charge in [-0.05, 0) is 43.4 Å². The quantitative estimate of drug-likeness (QED) is 0.735. The van der Waals surface area contributed by atoms with Crippen molar-refractivity contribution in [3.63, 3.8) is 0 Å². The molecule has 0 heterocycles. The summed E-state index contributed by atoms with van der Waals surface area (Å²) < 4.78 is 0. The molecule has 1 fully saturated rings. The van der Waals surface area contributed by atoms with Crippen LogP contribution in [-0.4, -0.2) is 5.54 Å². The molecule has 1 saturated carbocycles. The fourth-order valence-corrected chi connectivity index (χ4v) is 3.36. The molecule has 0 amide bonds. The highest BCUT2D eigenvalue weighted by Crippen LogP contribution is 2.39. The molecule has 3 unspecified atom stereocenters. The van der Waals surface area contributed by atoms with Gasteiger partial charge in [-0.3, -0.25) is 0 Å². The lowest BCUT2D eigenvalue weighted by Gasteiger charge is -2.44. The third-order valence-electron chi connectivity index (χ3n) is 3.96. The van der Waals surface area contributed by atoms with E-state index >= 15 is 0 Å². The fourth-order valence-electron chi connectivity index (χ4n) is 3.36. The van der Waals surface area contributed by atoms with Gasteiger partial charge in [-0.2, -0.15) is 0 Å². The van der Waals surface area contributed by atoms with E-state index in [0.29, 0.717) is 5.92 Å². The van der Waals surface area contributed by atoms with Crippen molar-refractivity contribution in [3.8, 4) is 0 Å². The highest BCUT2D eigenvalue weighted by Gasteiger charge is 2.38. The average Bonchev–Trinajstić information content (AvgIpc) is 2.01. The van der Waals surface area contributed by atoms with Gasteiger partial charge in [-0.15, -0.1) is 0 Å². The number of rotatable bonds is 3. The Balaban J connectivity index is 2.61. The van der Waals surface area contributed by atoms with Crippen LogP contribution in [-0.2, 0) is 0 Å². The molecule has 0 radical (unpaired) electrons. The minimum Gasteiger partial charge on any atom is -0.325 e. The van der Waals surface area contributed by atoms with Crippen LogP contribution in [0.4, 0.5) is 0 Å².